The van der Waals surface area contributed by atoms with Crippen molar-refractivity contribution in [3.63, 3.8) is 0 Å². The molecule has 37 heavy (non-hydrogen) atoms. The number of rotatable bonds is 15. The van der Waals surface area contributed by atoms with Crippen LogP contribution in [-0.2, 0) is 0 Å². The third-order valence-corrected chi connectivity index (χ3v) is 23.2. The van der Waals surface area contributed by atoms with E-state index in [0.717, 1.165) is 39.1 Å². The fourth-order valence-corrected chi connectivity index (χ4v) is 21.7. The number of benzene rings is 3. The van der Waals surface area contributed by atoms with Gasteiger partial charge in [-0.15, -0.1) is 0 Å². The van der Waals surface area contributed by atoms with E-state index in [9.17, 15) is 0 Å². The van der Waals surface area contributed by atoms with E-state index in [0.29, 0.717) is 0 Å². The Morgan fingerprint density at radius 2 is 1.24 bits per heavy atom. The van der Waals surface area contributed by atoms with Gasteiger partial charge in [0.2, 0.25) is 0 Å². The molecule has 0 N–H and O–H groups in total. The van der Waals surface area contributed by atoms with Crippen molar-refractivity contribution in [2.75, 3.05) is 14.2 Å². The molecule has 0 aromatic heterocycles. The van der Waals surface area contributed by atoms with Crippen LogP contribution < -0.4 is 17.8 Å². The van der Waals surface area contributed by atoms with E-state index in [1.165, 1.54) is 51.8 Å². The van der Waals surface area contributed by atoms with Gasteiger partial charge in [-0.2, -0.15) is 0 Å². The molecule has 0 aliphatic rings. The molecule has 0 spiro atoms. The Morgan fingerprint density at radius 1 is 0.676 bits per heavy atom. The van der Waals surface area contributed by atoms with Crippen molar-refractivity contribution in [3.05, 3.63) is 48.5 Å². The summed E-state index contributed by atoms with van der Waals surface area (Å²) in [5.41, 5.74) is 2.06. The second kappa shape index (κ2) is 14.3. The standard InChI is InChI=1S/C21H21O3.3C4H9.Sn/c1-14(2)24-21-18(15-10-6-5-7-11-15)19(22-3)16-12-8-9-13-17(16)20(21)23-4;3*1-3-4-2;/h5-7,9-14H,1-4H3;3*1,3-4H2,2H3;. The first kappa shape index (κ1) is 29.7. The van der Waals surface area contributed by atoms with E-state index in [2.05, 4.69) is 77.1 Å². The number of hydrogen-bond acceptors (Lipinski definition) is 3. The first-order valence-corrected chi connectivity index (χ1v) is 21.9. The van der Waals surface area contributed by atoms with Crippen molar-refractivity contribution in [2.45, 2.75) is 92.6 Å². The summed E-state index contributed by atoms with van der Waals surface area (Å²) in [5, 5.41) is 2.22. The first-order valence-electron chi connectivity index (χ1n) is 14.4. The van der Waals surface area contributed by atoms with Gasteiger partial charge in [0, 0.05) is 0 Å². The molecule has 0 saturated carbocycles. The Hall–Kier alpha value is -1.88. The number of unbranched alkanes of at least 4 members (excludes halogenated alkanes) is 3. The van der Waals surface area contributed by atoms with Gasteiger partial charge in [-0.1, -0.05) is 0 Å². The monoisotopic (exact) mass is 612 g/mol. The average Bonchev–Trinajstić information content (AvgIpc) is 2.92. The molecule has 4 heteroatoms. The predicted molar refractivity (Wildman–Crippen MR) is 163 cm³/mol. The van der Waals surface area contributed by atoms with Crippen LogP contribution in [0.4, 0.5) is 0 Å². The van der Waals surface area contributed by atoms with Gasteiger partial charge in [-0.25, -0.2) is 0 Å². The van der Waals surface area contributed by atoms with Crippen molar-refractivity contribution in [3.8, 4) is 28.4 Å². The van der Waals surface area contributed by atoms with Crippen LogP contribution in [-0.4, -0.2) is 38.7 Å². The molecule has 3 aromatic rings. The molecule has 0 bridgehead atoms. The van der Waals surface area contributed by atoms with E-state index in [4.69, 9.17) is 14.2 Å². The Morgan fingerprint density at radius 3 is 1.73 bits per heavy atom. The number of ether oxygens (including phenoxy) is 3. The van der Waals surface area contributed by atoms with Crippen molar-refractivity contribution in [1.82, 2.24) is 0 Å². The van der Waals surface area contributed by atoms with Crippen LogP contribution >= 0.6 is 0 Å². The molecule has 0 fully saturated rings. The van der Waals surface area contributed by atoms with Crippen LogP contribution in [0.3, 0.4) is 0 Å². The quantitative estimate of drug-likeness (QED) is 0.160. The van der Waals surface area contributed by atoms with Crippen LogP contribution in [0.15, 0.2) is 48.5 Å². The number of methoxy groups -OCH3 is 2. The van der Waals surface area contributed by atoms with Crippen molar-refractivity contribution < 1.29 is 14.2 Å². The van der Waals surface area contributed by atoms with Gasteiger partial charge in [-0.3, -0.25) is 0 Å². The van der Waals surface area contributed by atoms with Crippen LogP contribution in [0.2, 0.25) is 13.3 Å². The second-order valence-corrected chi connectivity index (χ2v) is 23.9. The fraction of sp³-hybridized carbons (Fsp3) is 0.515. The summed E-state index contributed by atoms with van der Waals surface area (Å²) >= 11 is -2.64. The van der Waals surface area contributed by atoms with Gasteiger partial charge >= 0.3 is 231 Å². The SMILES string of the molecule is CCC[CH2][Sn]([CH2]CCC)([CH2]CCC)[c]1ccc2c(OC)c(OC(C)C)c(-c3ccccc3)c(OC)c2c1. The maximum absolute atomic E-state index is 6.44. The van der Waals surface area contributed by atoms with Crippen LogP contribution in [0.5, 0.6) is 17.2 Å². The molecule has 0 amide bonds. The fourth-order valence-electron chi connectivity index (χ4n) is 5.72. The maximum atomic E-state index is 6.44. The zero-order valence-electron chi connectivity index (χ0n) is 24.3. The Balaban J connectivity index is 2.37. The summed E-state index contributed by atoms with van der Waals surface area (Å²) in [6.07, 6.45) is 7.87. The van der Waals surface area contributed by atoms with Crippen molar-refractivity contribution in [2.24, 2.45) is 0 Å². The summed E-state index contributed by atoms with van der Waals surface area (Å²) in [6, 6.07) is 17.7. The molecule has 0 aliphatic heterocycles. The molecule has 3 rings (SSSR count). The van der Waals surface area contributed by atoms with E-state index in [-0.39, 0.29) is 6.10 Å². The van der Waals surface area contributed by atoms with E-state index >= 15 is 0 Å². The van der Waals surface area contributed by atoms with Gasteiger partial charge in [0.05, 0.1) is 0 Å². The molecule has 0 atom stereocenters. The minimum atomic E-state index is -2.64. The third kappa shape index (κ3) is 6.77. The van der Waals surface area contributed by atoms with E-state index < -0.39 is 18.4 Å². The van der Waals surface area contributed by atoms with E-state index in [1.807, 2.05) is 6.07 Å². The Labute approximate surface area is 229 Å². The van der Waals surface area contributed by atoms with Crippen LogP contribution in [0.1, 0.15) is 73.1 Å². The molecule has 0 heterocycles. The van der Waals surface area contributed by atoms with Crippen molar-refractivity contribution in [1.29, 1.82) is 0 Å². The van der Waals surface area contributed by atoms with E-state index in [1.54, 1.807) is 17.8 Å². The molecule has 0 saturated heterocycles. The molecule has 0 unspecified atom stereocenters. The molecule has 3 nitrogen and oxygen atoms in total. The second-order valence-electron chi connectivity index (χ2n) is 10.7. The molecule has 202 valence electrons. The summed E-state index contributed by atoms with van der Waals surface area (Å²) in [6.45, 7) is 11.1. The van der Waals surface area contributed by atoms with Gasteiger partial charge in [0.15, 0.2) is 0 Å². The number of hydrogen-bond donors (Lipinski definition) is 0. The zero-order chi connectivity index (χ0) is 26.8. The zero-order valence-corrected chi connectivity index (χ0v) is 27.1. The van der Waals surface area contributed by atoms with Crippen LogP contribution in [0, 0.1) is 0 Å². The molecule has 0 radical (unpaired) electrons. The van der Waals surface area contributed by atoms with Gasteiger partial charge in [0.1, 0.15) is 0 Å². The first-order chi connectivity index (χ1) is 18.0. The average molecular weight is 611 g/mol. The topological polar surface area (TPSA) is 27.7 Å². The summed E-state index contributed by atoms with van der Waals surface area (Å²) in [7, 11) is 3.55. The van der Waals surface area contributed by atoms with Crippen LogP contribution in [0.25, 0.3) is 21.9 Å². The third-order valence-electron chi connectivity index (χ3n) is 7.63. The number of fused-ring (bicyclic) bond motifs is 1. The predicted octanol–water partition coefficient (Wildman–Crippen LogP) is 9.37. The van der Waals surface area contributed by atoms with Gasteiger partial charge in [-0.05, 0) is 0 Å². The minimum absolute atomic E-state index is 0.0128. The summed E-state index contributed by atoms with van der Waals surface area (Å²) in [5.74, 6) is 2.45. The molecule has 0 aliphatic carbocycles. The Bertz CT molecular complexity index is 1100. The molecular weight excluding hydrogens is 563 g/mol. The van der Waals surface area contributed by atoms with Crippen molar-refractivity contribution >= 4 is 32.7 Å². The Kier molecular flexibility index (Phi) is 11.5. The van der Waals surface area contributed by atoms with Gasteiger partial charge < -0.3 is 0 Å². The molecule has 3 aromatic carbocycles. The summed E-state index contributed by atoms with van der Waals surface area (Å²) in [4.78, 5) is 0. The van der Waals surface area contributed by atoms with Gasteiger partial charge in [0.25, 0.3) is 0 Å². The normalized spacial score (nSPS) is 11.8. The summed E-state index contributed by atoms with van der Waals surface area (Å²) < 4.78 is 24.7. The molecular formula is C33H48O3Sn.